The molecule has 2 unspecified atom stereocenters. The summed E-state index contributed by atoms with van der Waals surface area (Å²) in [6, 6.07) is 9.84. The lowest BCUT2D eigenvalue weighted by Gasteiger charge is -2.24. The molecule has 16 nitrogen and oxygen atoms in total. The minimum Gasteiger partial charge on any atom is -0.465 e. The average Bonchev–Trinajstić information content (AvgIpc) is 3.00. The van der Waals surface area contributed by atoms with Crippen molar-refractivity contribution in [1.29, 1.82) is 0 Å². The number of carbonyl (C=O) groups is 5. The third kappa shape index (κ3) is 21.9. The van der Waals surface area contributed by atoms with Gasteiger partial charge in [0, 0.05) is 45.9 Å². The van der Waals surface area contributed by atoms with Crippen molar-refractivity contribution in [2.45, 2.75) is 96.9 Å². The Labute approximate surface area is 288 Å². The second-order valence-corrected chi connectivity index (χ2v) is 12.5. The van der Waals surface area contributed by atoms with Crippen LogP contribution in [0.5, 0.6) is 0 Å². The van der Waals surface area contributed by atoms with Crippen LogP contribution >= 0.6 is 0 Å². The summed E-state index contributed by atoms with van der Waals surface area (Å²) in [5, 5.41) is 30.2. The standard InChI is InChI=1S/C33H55N7O9/c1-24(37-30(43)44)17-22-40(23-25-15-9-8-10-16-25)21-14-13-19-35-28(42)26(48-5)27(41)34-18-11-6-7-12-20-36-29(38-31(45)46)39-32(47)49-33(2,3)4/h8-10,15-16,24,26,37H,6-7,11-14,17-23H2,1-5H3,(H,34,41)(H,35,42)(H,43,44)(H,45,46)(H2,36,38,39,47). The molecule has 0 spiro atoms. The topological polar surface area (TPSA) is 220 Å². The molecule has 5 amide bonds. The normalized spacial score (nSPS) is 12.8. The first kappa shape index (κ1) is 42.6. The Bertz CT molecular complexity index is 1190. The van der Waals surface area contributed by atoms with Gasteiger partial charge in [-0.1, -0.05) is 43.2 Å². The van der Waals surface area contributed by atoms with Crippen LogP contribution < -0.4 is 26.6 Å². The Morgan fingerprint density at radius 3 is 2.02 bits per heavy atom. The predicted molar refractivity (Wildman–Crippen MR) is 184 cm³/mol. The molecule has 0 radical (unpaired) electrons. The monoisotopic (exact) mass is 693 g/mol. The third-order valence-electron chi connectivity index (χ3n) is 6.91. The third-order valence-corrected chi connectivity index (χ3v) is 6.91. The first-order chi connectivity index (χ1) is 23.2. The number of aliphatic imine (C=N–C) groups is 1. The van der Waals surface area contributed by atoms with E-state index >= 15 is 0 Å². The number of carboxylic acid groups (broad SMARTS) is 2. The second-order valence-electron chi connectivity index (χ2n) is 12.5. The van der Waals surface area contributed by atoms with E-state index in [1.54, 1.807) is 20.8 Å². The number of guanidine groups is 1. The lowest BCUT2D eigenvalue weighted by Crippen LogP contribution is -2.47. The minimum absolute atomic E-state index is 0.175. The van der Waals surface area contributed by atoms with Gasteiger partial charge < -0.3 is 35.6 Å². The van der Waals surface area contributed by atoms with Crippen molar-refractivity contribution in [3.8, 4) is 0 Å². The molecule has 49 heavy (non-hydrogen) atoms. The molecule has 0 aliphatic rings. The number of methoxy groups -OCH3 is 1. The summed E-state index contributed by atoms with van der Waals surface area (Å²) in [5.74, 6) is -1.26. The highest BCUT2D eigenvalue weighted by molar-refractivity contribution is 6.03. The molecule has 276 valence electrons. The van der Waals surface area contributed by atoms with Crippen LogP contribution in [0.15, 0.2) is 35.3 Å². The van der Waals surface area contributed by atoms with Crippen LogP contribution in [0.1, 0.15) is 78.2 Å². The summed E-state index contributed by atoms with van der Waals surface area (Å²) >= 11 is 0. The molecule has 16 heteroatoms. The van der Waals surface area contributed by atoms with Crippen molar-refractivity contribution in [2.75, 3.05) is 39.8 Å². The number of rotatable bonds is 21. The lowest BCUT2D eigenvalue weighted by atomic mass is 10.1. The summed E-state index contributed by atoms with van der Waals surface area (Å²) in [7, 11) is 1.30. The highest BCUT2D eigenvalue weighted by Crippen LogP contribution is 2.09. The zero-order valence-electron chi connectivity index (χ0n) is 29.4. The Morgan fingerprint density at radius 1 is 0.837 bits per heavy atom. The number of hydrogen-bond acceptors (Lipinski definition) is 9. The number of nitrogens with one attached hydrogen (secondary N) is 5. The van der Waals surface area contributed by atoms with Crippen LogP contribution in [0.3, 0.4) is 0 Å². The number of hydrogen-bond donors (Lipinski definition) is 7. The summed E-state index contributed by atoms with van der Waals surface area (Å²) in [6.07, 6.45) is 0.381. The lowest BCUT2D eigenvalue weighted by molar-refractivity contribution is -0.143. The average molecular weight is 694 g/mol. The SMILES string of the molecule is COC(C(=O)NCCCCCCN=C(NC(=O)O)NC(=O)OC(C)(C)C)C(=O)NCCCCN(CCC(C)NC(=O)O)Cc1ccccc1. The van der Waals surface area contributed by atoms with E-state index in [9.17, 15) is 24.0 Å². The quantitative estimate of drug-likeness (QED) is 0.0431. The van der Waals surface area contributed by atoms with E-state index in [1.807, 2.05) is 42.6 Å². The number of ether oxygens (including phenoxy) is 2. The van der Waals surface area contributed by atoms with Crippen LogP contribution in [-0.4, -0.2) is 109 Å². The van der Waals surface area contributed by atoms with Crippen LogP contribution in [0.2, 0.25) is 0 Å². The van der Waals surface area contributed by atoms with Gasteiger partial charge in [-0.25, -0.2) is 14.4 Å². The van der Waals surface area contributed by atoms with Gasteiger partial charge in [-0.05, 0) is 71.9 Å². The molecule has 0 aliphatic carbocycles. The zero-order valence-corrected chi connectivity index (χ0v) is 29.4. The highest BCUT2D eigenvalue weighted by Gasteiger charge is 2.25. The van der Waals surface area contributed by atoms with Crippen LogP contribution in [0, 0.1) is 0 Å². The minimum atomic E-state index is -1.37. The van der Waals surface area contributed by atoms with Gasteiger partial charge in [0.25, 0.3) is 11.8 Å². The van der Waals surface area contributed by atoms with E-state index in [-0.39, 0.29) is 18.5 Å². The summed E-state index contributed by atoms with van der Waals surface area (Å²) < 4.78 is 10.3. The smallest absolute Gasteiger partial charge is 0.414 e. The van der Waals surface area contributed by atoms with Gasteiger partial charge in [-0.15, -0.1) is 0 Å². The maximum Gasteiger partial charge on any atom is 0.414 e. The summed E-state index contributed by atoms with van der Waals surface area (Å²) in [5.41, 5.74) is 0.407. The molecule has 0 bridgehead atoms. The van der Waals surface area contributed by atoms with Crippen molar-refractivity contribution in [1.82, 2.24) is 31.5 Å². The first-order valence-corrected chi connectivity index (χ1v) is 16.6. The fourth-order valence-electron chi connectivity index (χ4n) is 4.57. The molecule has 0 aliphatic heterocycles. The van der Waals surface area contributed by atoms with Crippen LogP contribution in [0.25, 0.3) is 0 Å². The van der Waals surface area contributed by atoms with E-state index in [2.05, 4.69) is 31.2 Å². The summed E-state index contributed by atoms with van der Waals surface area (Å²) in [4.78, 5) is 65.4. The van der Waals surface area contributed by atoms with Gasteiger partial charge in [0.15, 0.2) is 0 Å². The van der Waals surface area contributed by atoms with Gasteiger partial charge in [-0.2, -0.15) is 0 Å². The Hall–Kier alpha value is -4.44. The molecule has 0 saturated carbocycles. The zero-order chi connectivity index (χ0) is 36.7. The summed E-state index contributed by atoms with van der Waals surface area (Å²) in [6.45, 7) is 10.1. The fraction of sp³-hybridized carbons (Fsp3) is 0.636. The molecule has 0 aromatic heterocycles. The molecular weight excluding hydrogens is 638 g/mol. The van der Waals surface area contributed by atoms with Crippen LogP contribution in [-0.2, 0) is 25.6 Å². The van der Waals surface area contributed by atoms with Gasteiger partial charge in [-0.3, -0.25) is 30.1 Å². The van der Waals surface area contributed by atoms with Gasteiger partial charge in [0.05, 0.1) is 0 Å². The van der Waals surface area contributed by atoms with Crippen molar-refractivity contribution < 1.29 is 43.7 Å². The molecule has 1 aromatic carbocycles. The molecular formula is C33H55N7O9. The predicted octanol–water partition coefficient (Wildman–Crippen LogP) is 3.27. The molecule has 7 N–H and O–H groups in total. The Morgan fingerprint density at radius 2 is 1.45 bits per heavy atom. The van der Waals surface area contributed by atoms with Gasteiger partial charge in [0.2, 0.25) is 12.1 Å². The van der Waals surface area contributed by atoms with Crippen molar-refractivity contribution in [3.05, 3.63) is 35.9 Å². The van der Waals surface area contributed by atoms with Crippen molar-refractivity contribution >= 4 is 36.1 Å². The van der Waals surface area contributed by atoms with E-state index in [0.717, 1.165) is 37.9 Å². The van der Waals surface area contributed by atoms with E-state index < -0.39 is 41.8 Å². The number of benzene rings is 1. The largest absolute Gasteiger partial charge is 0.465 e. The van der Waals surface area contributed by atoms with Crippen molar-refractivity contribution in [2.24, 2.45) is 4.99 Å². The number of amides is 5. The molecule has 2 atom stereocenters. The van der Waals surface area contributed by atoms with E-state index in [4.69, 9.17) is 19.7 Å². The van der Waals surface area contributed by atoms with E-state index in [0.29, 0.717) is 45.3 Å². The number of alkyl carbamates (subject to hydrolysis) is 1. The van der Waals surface area contributed by atoms with Crippen LogP contribution in [0.4, 0.5) is 14.4 Å². The maximum atomic E-state index is 12.6. The van der Waals surface area contributed by atoms with Gasteiger partial charge in [0.1, 0.15) is 5.60 Å². The maximum absolute atomic E-state index is 12.6. The highest BCUT2D eigenvalue weighted by atomic mass is 16.6. The number of nitrogens with zero attached hydrogens (tertiary/aromatic N) is 2. The Kier molecular flexibility index (Phi) is 20.7. The Balaban J connectivity index is 2.36. The molecule has 0 fully saturated rings. The molecule has 0 heterocycles. The molecule has 0 saturated heterocycles. The number of carbonyl (C=O) groups excluding carboxylic acids is 3. The fourth-order valence-corrected chi connectivity index (χ4v) is 4.57. The first-order valence-electron chi connectivity index (χ1n) is 16.6. The molecule has 1 aromatic rings. The van der Waals surface area contributed by atoms with Crippen molar-refractivity contribution in [3.63, 3.8) is 0 Å². The van der Waals surface area contributed by atoms with Gasteiger partial charge >= 0.3 is 18.3 Å². The second kappa shape index (κ2) is 23.8. The van der Waals surface area contributed by atoms with E-state index in [1.165, 1.54) is 7.11 Å². The molecule has 1 rings (SSSR count). The number of unbranched alkanes of at least 4 members (excludes halogenated alkanes) is 4.